The normalized spacial score (nSPS) is 10.4. The summed E-state index contributed by atoms with van der Waals surface area (Å²) in [6.07, 6.45) is 0. The molecule has 0 radical (unpaired) electrons. The second-order valence-corrected chi connectivity index (χ2v) is 6.59. The largest absolute Gasteiger partial charge is 0.489 e. The first kappa shape index (κ1) is 20.1. The smallest absolute Gasteiger partial charge is 0.338 e. The Morgan fingerprint density at radius 2 is 1.72 bits per heavy atom. The van der Waals surface area contributed by atoms with Gasteiger partial charge in [0.2, 0.25) is 0 Å². The molecular formula is C22H23N3O4. The Labute approximate surface area is 169 Å². The van der Waals surface area contributed by atoms with Crippen LogP contribution >= 0.6 is 0 Å². The summed E-state index contributed by atoms with van der Waals surface area (Å²) in [7, 11) is 1.80. The van der Waals surface area contributed by atoms with E-state index in [0.717, 1.165) is 17.0 Å². The van der Waals surface area contributed by atoms with Gasteiger partial charge in [-0.3, -0.25) is 9.48 Å². The maximum absolute atomic E-state index is 12.2. The Hall–Kier alpha value is -3.61. The van der Waals surface area contributed by atoms with Crippen LogP contribution in [0.2, 0.25) is 0 Å². The summed E-state index contributed by atoms with van der Waals surface area (Å²) in [4.78, 5) is 24.3. The maximum Gasteiger partial charge on any atom is 0.338 e. The lowest BCUT2D eigenvalue weighted by Crippen LogP contribution is -2.21. The van der Waals surface area contributed by atoms with Crippen molar-refractivity contribution in [2.45, 2.75) is 20.5 Å². The van der Waals surface area contributed by atoms with E-state index in [1.165, 1.54) is 0 Å². The average Bonchev–Trinajstić information content (AvgIpc) is 2.97. The molecule has 29 heavy (non-hydrogen) atoms. The van der Waals surface area contributed by atoms with E-state index >= 15 is 0 Å². The number of anilines is 1. The number of rotatable bonds is 7. The lowest BCUT2D eigenvalue weighted by atomic mass is 10.1. The molecule has 3 aromatic rings. The van der Waals surface area contributed by atoms with Gasteiger partial charge in [0.1, 0.15) is 12.4 Å². The first-order valence-electron chi connectivity index (χ1n) is 9.18. The number of hydrogen-bond donors (Lipinski definition) is 1. The van der Waals surface area contributed by atoms with Gasteiger partial charge < -0.3 is 14.8 Å². The van der Waals surface area contributed by atoms with Gasteiger partial charge in [0, 0.05) is 7.05 Å². The molecule has 3 rings (SSSR count). The van der Waals surface area contributed by atoms with Crippen molar-refractivity contribution in [3.63, 3.8) is 0 Å². The molecule has 1 aromatic heterocycles. The average molecular weight is 393 g/mol. The third-order valence-corrected chi connectivity index (χ3v) is 4.45. The highest BCUT2D eigenvalue weighted by Crippen LogP contribution is 2.18. The molecule has 0 spiro atoms. The molecule has 0 bridgehead atoms. The SMILES string of the molecule is Cc1nn(C)c(C)c1NC(=O)COC(=O)c1ccc(COc2ccccc2)cc1. The number of carbonyl (C=O) groups excluding carboxylic acids is 2. The van der Waals surface area contributed by atoms with Gasteiger partial charge in [0.05, 0.1) is 22.6 Å². The summed E-state index contributed by atoms with van der Waals surface area (Å²) < 4.78 is 12.5. The number of esters is 1. The number of ether oxygens (including phenoxy) is 2. The fourth-order valence-corrected chi connectivity index (χ4v) is 2.76. The minimum Gasteiger partial charge on any atom is -0.489 e. The molecule has 1 N–H and O–H groups in total. The number of carbonyl (C=O) groups is 2. The molecule has 0 aliphatic heterocycles. The van der Waals surface area contributed by atoms with Gasteiger partial charge >= 0.3 is 5.97 Å². The van der Waals surface area contributed by atoms with Crippen molar-refractivity contribution in [1.82, 2.24) is 9.78 Å². The fourth-order valence-electron chi connectivity index (χ4n) is 2.76. The van der Waals surface area contributed by atoms with Gasteiger partial charge in [-0.25, -0.2) is 4.79 Å². The van der Waals surface area contributed by atoms with Crippen LogP contribution in [0.25, 0.3) is 0 Å². The Balaban J connectivity index is 1.49. The molecule has 0 aliphatic rings. The minimum atomic E-state index is -0.560. The lowest BCUT2D eigenvalue weighted by Gasteiger charge is -2.08. The highest BCUT2D eigenvalue weighted by Gasteiger charge is 2.15. The van der Waals surface area contributed by atoms with Gasteiger partial charge in [-0.05, 0) is 43.7 Å². The molecule has 150 valence electrons. The predicted octanol–water partition coefficient (Wildman–Crippen LogP) is 3.41. The van der Waals surface area contributed by atoms with Crippen LogP contribution in [0.3, 0.4) is 0 Å². The Kier molecular flexibility index (Phi) is 6.29. The van der Waals surface area contributed by atoms with E-state index in [0.29, 0.717) is 23.6 Å². The number of amides is 1. The second-order valence-electron chi connectivity index (χ2n) is 6.59. The van der Waals surface area contributed by atoms with E-state index in [-0.39, 0.29) is 6.61 Å². The monoisotopic (exact) mass is 393 g/mol. The van der Waals surface area contributed by atoms with Crippen LogP contribution < -0.4 is 10.1 Å². The summed E-state index contributed by atoms with van der Waals surface area (Å²) in [5, 5.41) is 6.96. The first-order chi connectivity index (χ1) is 13.9. The van der Waals surface area contributed by atoms with Crippen molar-refractivity contribution < 1.29 is 19.1 Å². The quantitative estimate of drug-likeness (QED) is 0.622. The van der Waals surface area contributed by atoms with Crippen molar-refractivity contribution in [3.05, 3.63) is 77.1 Å². The number of aromatic nitrogens is 2. The zero-order chi connectivity index (χ0) is 20.8. The van der Waals surface area contributed by atoms with E-state index in [1.54, 1.807) is 42.9 Å². The molecule has 0 saturated carbocycles. The molecule has 1 heterocycles. The molecule has 0 fully saturated rings. The molecule has 0 saturated heterocycles. The second kappa shape index (κ2) is 9.05. The van der Waals surface area contributed by atoms with Gasteiger partial charge in [-0.15, -0.1) is 0 Å². The summed E-state index contributed by atoms with van der Waals surface area (Å²) in [6.45, 7) is 3.68. The van der Waals surface area contributed by atoms with Crippen molar-refractivity contribution in [1.29, 1.82) is 0 Å². The molecule has 7 nitrogen and oxygen atoms in total. The third kappa shape index (κ3) is 5.22. The van der Waals surface area contributed by atoms with Crippen LogP contribution in [0.5, 0.6) is 5.75 Å². The van der Waals surface area contributed by atoms with Gasteiger partial charge in [0.25, 0.3) is 5.91 Å². The first-order valence-corrected chi connectivity index (χ1v) is 9.18. The lowest BCUT2D eigenvalue weighted by molar-refractivity contribution is -0.119. The molecule has 1 amide bonds. The molecule has 7 heteroatoms. The van der Waals surface area contributed by atoms with Crippen LogP contribution in [-0.4, -0.2) is 28.3 Å². The van der Waals surface area contributed by atoms with Crippen molar-refractivity contribution in [2.75, 3.05) is 11.9 Å². The van der Waals surface area contributed by atoms with Gasteiger partial charge in [-0.2, -0.15) is 5.10 Å². The third-order valence-electron chi connectivity index (χ3n) is 4.45. The van der Waals surface area contributed by atoms with E-state index in [2.05, 4.69) is 10.4 Å². The maximum atomic E-state index is 12.2. The highest BCUT2D eigenvalue weighted by atomic mass is 16.5. The van der Waals surface area contributed by atoms with Crippen LogP contribution in [0.15, 0.2) is 54.6 Å². The number of benzene rings is 2. The summed E-state index contributed by atoms with van der Waals surface area (Å²) >= 11 is 0. The van der Waals surface area contributed by atoms with E-state index < -0.39 is 11.9 Å². The number of aryl methyl sites for hydroxylation is 2. The predicted molar refractivity (Wildman–Crippen MR) is 109 cm³/mol. The van der Waals surface area contributed by atoms with Crippen molar-refractivity contribution in [3.8, 4) is 5.75 Å². The van der Waals surface area contributed by atoms with Crippen molar-refractivity contribution in [2.24, 2.45) is 7.05 Å². The van der Waals surface area contributed by atoms with E-state index in [1.807, 2.05) is 37.3 Å². The van der Waals surface area contributed by atoms with Crippen LogP contribution in [-0.2, 0) is 23.2 Å². The zero-order valence-electron chi connectivity index (χ0n) is 16.6. The Morgan fingerprint density at radius 1 is 1.03 bits per heavy atom. The number of para-hydroxylation sites is 1. The fraction of sp³-hybridized carbons (Fsp3) is 0.227. The van der Waals surface area contributed by atoms with Crippen LogP contribution in [0.1, 0.15) is 27.3 Å². The molecular weight excluding hydrogens is 370 g/mol. The molecule has 2 aromatic carbocycles. The standard InChI is InChI=1S/C22H23N3O4/c1-15-21(16(2)25(3)24-15)23-20(26)14-29-22(27)18-11-9-17(10-12-18)13-28-19-7-5-4-6-8-19/h4-12H,13-14H2,1-3H3,(H,23,26). The van der Waals surface area contributed by atoms with Crippen molar-refractivity contribution >= 4 is 17.6 Å². The Bertz CT molecular complexity index is 995. The van der Waals surface area contributed by atoms with Gasteiger partial charge in [-0.1, -0.05) is 30.3 Å². The highest BCUT2D eigenvalue weighted by molar-refractivity contribution is 5.96. The number of hydrogen-bond acceptors (Lipinski definition) is 5. The van der Waals surface area contributed by atoms with E-state index in [4.69, 9.17) is 9.47 Å². The molecule has 0 unspecified atom stereocenters. The topological polar surface area (TPSA) is 82.5 Å². The minimum absolute atomic E-state index is 0.370. The zero-order valence-corrected chi connectivity index (χ0v) is 16.6. The van der Waals surface area contributed by atoms with Crippen LogP contribution in [0.4, 0.5) is 5.69 Å². The van der Waals surface area contributed by atoms with Gasteiger partial charge in [0.15, 0.2) is 6.61 Å². The molecule has 0 atom stereocenters. The van der Waals surface area contributed by atoms with Crippen LogP contribution in [0, 0.1) is 13.8 Å². The number of nitrogens with one attached hydrogen (secondary N) is 1. The van der Waals surface area contributed by atoms with E-state index in [9.17, 15) is 9.59 Å². The number of nitrogens with zero attached hydrogens (tertiary/aromatic N) is 2. The Morgan fingerprint density at radius 3 is 2.34 bits per heavy atom. The molecule has 0 aliphatic carbocycles. The summed E-state index contributed by atoms with van der Waals surface area (Å²) in [6, 6.07) is 16.4. The summed E-state index contributed by atoms with van der Waals surface area (Å²) in [5.74, 6) is -0.193. The summed E-state index contributed by atoms with van der Waals surface area (Å²) in [5.41, 5.74) is 3.46.